The minimum absolute atomic E-state index is 0.117. The summed E-state index contributed by atoms with van der Waals surface area (Å²) in [6.45, 7) is 2.08. The molecule has 3 rings (SSSR count). The summed E-state index contributed by atoms with van der Waals surface area (Å²) in [6.07, 6.45) is 0. The zero-order chi connectivity index (χ0) is 14.1. The second-order valence-corrected chi connectivity index (χ2v) is 5.86. The van der Waals surface area contributed by atoms with Crippen molar-refractivity contribution in [3.63, 3.8) is 0 Å². The van der Waals surface area contributed by atoms with Crippen LogP contribution in [-0.4, -0.2) is 0 Å². The SMILES string of the molecule is Cc1cccc(C(N)c2ccc3ccccc3c2)c1Br. The fourth-order valence-corrected chi connectivity index (χ4v) is 3.00. The van der Waals surface area contributed by atoms with Gasteiger partial charge in [0, 0.05) is 4.47 Å². The highest BCUT2D eigenvalue weighted by Gasteiger charge is 2.13. The van der Waals surface area contributed by atoms with Crippen LogP contribution >= 0.6 is 15.9 Å². The Kier molecular flexibility index (Phi) is 3.60. The number of aryl methyl sites for hydroxylation is 1. The first-order valence-electron chi connectivity index (χ1n) is 6.66. The molecule has 2 heteroatoms. The molecule has 3 aromatic rings. The lowest BCUT2D eigenvalue weighted by Gasteiger charge is -2.16. The molecule has 0 saturated heterocycles. The second kappa shape index (κ2) is 5.39. The number of hydrogen-bond acceptors (Lipinski definition) is 1. The molecule has 0 aromatic heterocycles. The van der Waals surface area contributed by atoms with Gasteiger partial charge in [-0.15, -0.1) is 0 Å². The van der Waals surface area contributed by atoms with Gasteiger partial charge in [-0.3, -0.25) is 0 Å². The van der Waals surface area contributed by atoms with Gasteiger partial charge in [0.05, 0.1) is 6.04 Å². The van der Waals surface area contributed by atoms with Crippen LogP contribution in [0.5, 0.6) is 0 Å². The molecule has 100 valence electrons. The van der Waals surface area contributed by atoms with E-state index in [2.05, 4.69) is 83.5 Å². The molecule has 2 N–H and O–H groups in total. The minimum atomic E-state index is -0.117. The molecule has 0 radical (unpaired) electrons. The molecule has 0 bridgehead atoms. The van der Waals surface area contributed by atoms with E-state index in [0.717, 1.165) is 15.6 Å². The van der Waals surface area contributed by atoms with Gasteiger partial charge in [0.1, 0.15) is 0 Å². The lowest BCUT2D eigenvalue weighted by atomic mass is 9.96. The Morgan fingerprint density at radius 2 is 1.65 bits per heavy atom. The van der Waals surface area contributed by atoms with E-state index in [-0.39, 0.29) is 6.04 Å². The number of fused-ring (bicyclic) bond motifs is 1. The molecular formula is C18H16BrN. The van der Waals surface area contributed by atoms with Gasteiger partial charge in [0.25, 0.3) is 0 Å². The van der Waals surface area contributed by atoms with Crippen molar-refractivity contribution in [3.8, 4) is 0 Å². The van der Waals surface area contributed by atoms with Gasteiger partial charge < -0.3 is 5.73 Å². The fraction of sp³-hybridized carbons (Fsp3) is 0.111. The van der Waals surface area contributed by atoms with Gasteiger partial charge in [-0.1, -0.05) is 70.5 Å². The number of rotatable bonds is 2. The summed E-state index contributed by atoms with van der Waals surface area (Å²) in [5, 5.41) is 2.47. The third-order valence-corrected chi connectivity index (χ3v) is 4.77. The zero-order valence-corrected chi connectivity index (χ0v) is 12.9. The van der Waals surface area contributed by atoms with Gasteiger partial charge in [0.2, 0.25) is 0 Å². The number of hydrogen-bond donors (Lipinski definition) is 1. The molecule has 0 spiro atoms. The molecule has 3 aromatic carbocycles. The first-order chi connectivity index (χ1) is 9.66. The molecule has 1 atom stereocenters. The summed E-state index contributed by atoms with van der Waals surface area (Å²) in [5.41, 5.74) is 9.91. The van der Waals surface area contributed by atoms with Crippen LogP contribution in [0.4, 0.5) is 0 Å². The summed E-state index contributed by atoms with van der Waals surface area (Å²) in [4.78, 5) is 0. The first kappa shape index (κ1) is 13.3. The van der Waals surface area contributed by atoms with Crippen molar-refractivity contribution in [2.45, 2.75) is 13.0 Å². The molecule has 0 aliphatic rings. The van der Waals surface area contributed by atoms with Gasteiger partial charge in [0.15, 0.2) is 0 Å². The van der Waals surface area contributed by atoms with E-state index in [9.17, 15) is 0 Å². The van der Waals surface area contributed by atoms with Gasteiger partial charge >= 0.3 is 0 Å². The molecule has 1 nitrogen and oxygen atoms in total. The van der Waals surface area contributed by atoms with Gasteiger partial charge in [-0.05, 0) is 40.5 Å². The average Bonchev–Trinajstić information content (AvgIpc) is 2.49. The van der Waals surface area contributed by atoms with E-state index in [4.69, 9.17) is 5.73 Å². The maximum absolute atomic E-state index is 6.45. The van der Waals surface area contributed by atoms with Crippen molar-refractivity contribution >= 4 is 26.7 Å². The van der Waals surface area contributed by atoms with Crippen molar-refractivity contribution in [1.29, 1.82) is 0 Å². The van der Waals surface area contributed by atoms with Crippen molar-refractivity contribution in [3.05, 3.63) is 81.8 Å². The normalized spacial score (nSPS) is 12.6. The van der Waals surface area contributed by atoms with Crippen LogP contribution in [0.3, 0.4) is 0 Å². The highest BCUT2D eigenvalue weighted by atomic mass is 79.9. The van der Waals surface area contributed by atoms with Gasteiger partial charge in [-0.25, -0.2) is 0 Å². The standard InChI is InChI=1S/C18H16BrN/c1-12-5-4-8-16(17(12)19)18(20)15-10-9-13-6-2-3-7-14(13)11-15/h2-11,18H,20H2,1H3. The molecule has 0 aliphatic heterocycles. The van der Waals surface area contributed by atoms with E-state index in [1.165, 1.54) is 16.3 Å². The lowest BCUT2D eigenvalue weighted by Crippen LogP contribution is -2.12. The quantitative estimate of drug-likeness (QED) is 0.708. The van der Waals surface area contributed by atoms with E-state index in [1.807, 2.05) is 0 Å². The number of nitrogens with two attached hydrogens (primary N) is 1. The summed E-state index contributed by atoms with van der Waals surface area (Å²) >= 11 is 3.65. The summed E-state index contributed by atoms with van der Waals surface area (Å²) in [6, 6.07) is 20.9. The molecule has 0 saturated carbocycles. The maximum atomic E-state index is 6.45. The van der Waals surface area contributed by atoms with Crippen LogP contribution in [0.15, 0.2) is 65.1 Å². The Labute approximate surface area is 127 Å². The van der Waals surface area contributed by atoms with Crippen LogP contribution in [0, 0.1) is 6.92 Å². The van der Waals surface area contributed by atoms with Crippen molar-refractivity contribution in [1.82, 2.24) is 0 Å². The van der Waals surface area contributed by atoms with Crippen LogP contribution < -0.4 is 5.73 Å². The third-order valence-electron chi connectivity index (χ3n) is 3.69. The number of benzene rings is 3. The number of halogens is 1. The monoisotopic (exact) mass is 325 g/mol. The predicted molar refractivity (Wildman–Crippen MR) is 88.9 cm³/mol. The molecule has 0 aliphatic carbocycles. The Balaban J connectivity index is 2.08. The molecular weight excluding hydrogens is 310 g/mol. The largest absolute Gasteiger partial charge is 0.320 e. The van der Waals surface area contributed by atoms with Crippen molar-refractivity contribution in [2.24, 2.45) is 5.73 Å². The topological polar surface area (TPSA) is 26.0 Å². The Bertz CT molecular complexity index is 764. The summed E-state index contributed by atoms with van der Waals surface area (Å²) in [5.74, 6) is 0. The van der Waals surface area contributed by atoms with E-state index in [0.29, 0.717) is 0 Å². The van der Waals surface area contributed by atoms with Crippen LogP contribution in [0.2, 0.25) is 0 Å². The van der Waals surface area contributed by atoms with Crippen molar-refractivity contribution < 1.29 is 0 Å². The smallest absolute Gasteiger partial charge is 0.0563 e. The van der Waals surface area contributed by atoms with Crippen LogP contribution in [0.25, 0.3) is 10.8 Å². The van der Waals surface area contributed by atoms with E-state index >= 15 is 0 Å². The predicted octanol–water partition coefficient (Wildman–Crippen LogP) is 4.96. The second-order valence-electron chi connectivity index (χ2n) is 5.06. The Morgan fingerprint density at radius 1 is 0.900 bits per heavy atom. The van der Waals surface area contributed by atoms with Crippen molar-refractivity contribution in [2.75, 3.05) is 0 Å². The average molecular weight is 326 g/mol. The van der Waals surface area contributed by atoms with Gasteiger partial charge in [-0.2, -0.15) is 0 Å². The third kappa shape index (κ3) is 2.37. The molecule has 20 heavy (non-hydrogen) atoms. The van der Waals surface area contributed by atoms with E-state index < -0.39 is 0 Å². The molecule has 1 unspecified atom stereocenters. The Morgan fingerprint density at radius 3 is 2.45 bits per heavy atom. The molecule has 0 amide bonds. The highest BCUT2D eigenvalue weighted by molar-refractivity contribution is 9.10. The maximum Gasteiger partial charge on any atom is 0.0563 e. The van der Waals surface area contributed by atoms with E-state index in [1.54, 1.807) is 0 Å². The summed E-state index contributed by atoms with van der Waals surface area (Å²) < 4.78 is 1.10. The highest BCUT2D eigenvalue weighted by Crippen LogP contribution is 2.30. The van der Waals surface area contributed by atoms with Crippen LogP contribution in [0.1, 0.15) is 22.7 Å². The Hall–Kier alpha value is -1.64. The zero-order valence-electron chi connectivity index (χ0n) is 11.3. The summed E-state index contributed by atoms with van der Waals surface area (Å²) in [7, 11) is 0. The first-order valence-corrected chi connectivity index (χ1v) is 7.45. The molecule has 0 fully saturated rings. The molecule has 0 heterocycles. The lowest BCUT2D eigenvalue weighted by molar-refractivity contribution is 0.865. The van der Waals surface area contributed by atoms with Crippen LogP contribution in [-0.2, 0) is 0 Å². The fourth-order valence-electron chi connectivity index (χ4n) is 2.49. The minimum Gasteiger partial charge on any atom is -0.320 e.